The Morgan fingerprint density at radius 3 is 2.35 bits per heavy atom. The molecule has 2 aromatic rings. The molecule has 1 aliphatic heterocycles. The lowest BCUT2D eigenvalue weighted by Gasteiger charge is -2.26. The Morgan fingerprint density at radius 2 is 1.77 bits per heavy atom. The van der Waals surface area contributed by atoms with Gasteiger partial charge in [0.25, 0.3) is 0 Å². The topological polar surface area (TPSA) is 53.2 Å². The minimum atomic E-state index is -0.404. The zero-order chi connectivity index (χ0) is 17.7. The van der Waals surface area contributed by atoms with Gasteiger partial charge in [-0.05, 0) is 62.6 Å². The summed E-state index contributed by atoms with van der Waals surface area (Å²) in [5, 5.41) is 9.92. The van der Waals surface area contributed by atoms with Gasteiger partial charge in [0, 0.05) is 17.4 Å². The van der Waals surface area contributed by atoms with Crippen LogP contribution in [0.1, 0.15) is 44.7 Å². The van der Waals surface area contributed by atoms with E-state index in [-0.39, 0.29) is 24.4 Å². The normalized spacial score (nSPS) is 20.1. The van der Waals surface area contributed by atoms with Crippen molar-refractivity contribution >= 4 is 29.7 Å². The van der Waals surface area contributed by atoms with Crippen molar-refractivity contribution in [2.24, 2.45) is 0 Å². The standard InChI is InChI=1S/C21H27N3O.ClH/c1-3-21(14-7-15-22-21)20(25)24-19-12-10-18(11-13-19)23-16(2)17-8-5-4-6-9-17;/h4-6,8-13,16,22-23H,3,7,14-15H2,1-2H3,(H,24,25);1H. The largest absolute Gasteiger partial charge is 0.379 e. The number of amides is 1. The van der Waals surface area contributed by atoms with Crippen LogP contribution >= 0.6 is 12.4 Å². The highest BCUT2D eigenvalue weighted by Crippen LogP contribution is 2.26. The number of nitrogens with one attached hydrogen (secondary N) is 3. The SMILES string of the molecule is CCC1(C(=O)Nc2ccc(NC(C)c3ccccc3)cc2)CCCN1.Cl. The van der Waals surface area contributed by atoms with E-state index in [4.69, 9.17) is 0 Å². The third-order valence-corrected chi connectivity index (χ3v) is 5.11. The smallest absolute Gasteiger partial charge is 0.244 e. The van der Waals surface area contributed by atoms with E-state index in [1.807, 2.05) is 42.5 Å². The molecule has 2 aromatic carbocycles. The summed E-state index contributed by atoms with van der Waals surface area (Å²) in [6.45, 7) is 5.12. The highest BCUT2D eigenvalue weighted by molar-refractivity contribution is 5.98. The van der Waals surface area contributed by atoms with E-state index in [1.165, 1.54) is 5.56 Å². The predicted molar refractivity (Wildman–Crippen MR) is 111 cm³/mol. The molecule has 26 heavy (non-hydrogen) atoms. The molecule has 5 heteroatoms. The Labute approximate surface area is 162 Å². The summed E-state index contributed by atoms with van der Waals surface area (Å²) in [5.74, 6) is 0.0749. The Bertz CT molecular complexity index is 697. The van der Waals surface area contributed by atoms with Crippen LogP contribution < -0.4 is 16.0 Å². The van der Waals surface area contributed by atoms with Crippen LogP contribution in [0.25, 0.3) is 0 Å². The van der Waals surface area contributed by atoms with Crippen molar-refractivity contribution in [2.45, 2.75) is 44.7 Å². The van der Waals surface area contributed by atoms with Gasteiger partial charge in [-0.3, -0.25) is 4.79 Å². The molecule has 0 radical (unpaired) electrons. The molecule has 0 saturated carbocycles. The van der Waals surface area contributed by atoms with Crippen molar-refractivity contribution in [3.8, 4) is 0 Å². The van der Waals surface area contributed by atoms with Gasteiger partial charge in [0.15, 0.2) is 0 Å². The fraction of sp³-hybridized carbons (Fsp3) is 0.381. The Hall–Kier alpha value is -2.04. The Kier molecular flexibility index (Phi) is 7.06. The van der Waals surface area contributed by atoms with Crippen LogP contribution in [0.15, 0.2) is 54.6 Å². The Morgan fingerprint density at radius 1 is 1.12 bits per heavy atom. The first-order valence-electron chi connectivity index (χ1n) is 9.11. The van der Waals surface area contributed by atoms with E-state index in [0.717, 1.165) is 37.2 Å². The maximum atomic E-state index is 12.6. The highest BCUT2D eigenvalue weighted by atomic mass is 35.5. The summed E-state index contributed by atoms with van der Waals surface area (Å²) in [5.41, 5.74) is 2.72. The van der Waals surface area contributed by atoms with Crippen LogP contribution in [-0.4, -0.2) is 18.0 Å². The summed E-state index contributed by atoms with van der Waals surface area (Å²) < 4.78 is 0. The molecule has 2 atom stereocenters. The number of hydrogen-bond acceptors (Lipinski definition) is 3. The first-order chi connectivity index (χ1) is 12.1. The predicted octanol–water partition coefficient (Wildman–Crippen LogP) is 4.75. The van der Waals surface area contributed by atoms with E-state index in [1.54, 1.807) is 0 Å². The molecule has 1 heterocycles. The quantitative estimate of drug-likeness (QED) is 0.684. The molecule has 1 fully saturated rings. The molecule has 0 aliphatic carbocycles. The van der Waals surface area contributed by atoms with Gasteiger partial charge in [-0.2, -0.15) is 0 Å². The number of anilines is 2. The van der Waals surface area contributed by atoms with Crippen LogP contribution in [-0.2, 0) is 4.79 Å². The molecule has 1 saturated heterocycles. The van der Waals surface area contributed by atoms with E-state index in [2.05, 4.69) is 41.9 Å². The molecule has 2 unspecified atom stereocenters. The summed E-state index contributed by atoms with van der Waals surface area (Å²) in [6.07, 6.45) is 2.78. The average molecular weight is 374 g/mol. The van der Waals surface area contributed by atoms with Gasteiger partial charge in [0.1, 0.15) is 0 Å². The second kappa shape index (κ2) is 9.06. The van der Waals surface area contributed by atoms with Crippen molar-refractivity contribution in [3.63, 3.8) is 0 Å². The highest BCUT2D eigenvalue weighted by Gasteiger charge is 2.38. The zero-order valence-corrected chi connectivity index (χ0v) is 16.2. The van der Waals surface area contributed by atoms with Crippen molar-refractivity contribution in [1.29, 1.82) is 0 Å². The Balaban J connectivity index is 0.00000243. The van der Waals surface area contributed by atoms with Gasteiger partial charge in [0.05, 0.1) is 5.54 Å². The molecule has 3 rings (SSSR count). The van der Waals surface area contributed by atoms with E-state index >= 15 is 0 Å². The molecule has 0 aromatic heterocycles. The van der Waals surface area contributed by atoms with E-state index in [0.29, 0.717) is 0 Å². The van der Waals surface area contributed by atoms with Crippen molar-refractivity contribution in [1.82, 2.24) is 5.32 Å². The maximum absolute atomic E-state index is 12.6. The summed E-state index contributed by atoms with van der Waals surface area (Å²) >= 11 is 0. The molecule has 0 spiro atoms. The molecular weight excluding hydrogens is 346 g/mol. The fourth-order valence-electron chi connectivity index (χ4n) is 3.44. The van der Waals surface area contributed by atoms with E-state index < -0.39 is 5.54 Å². The first-order valence-corrected chi connectivity index (χ1v) is 9.11. The zero-order valence-electron chi connectivity index (χ0n) is 15.4. The molecular formula is C21H28ClN3O. The second-order valence-corrected chi connectivity index (χ2v) is 6.77. The third kappa shape index (κ3) is 4.57. The molecule has 3 N–H and O–H groups in total. The number of hydrogen-bond donors (Lipinski definition) is 3. The fourth-order valence-corrected chi connectivity index (χ4v) is 3.44. The van der Waals surface area contributed by atoms with Crippen LogP contribution in [0.5, 0.6) is 0 Å². The molecule has 1 aliphatic rings. The summed E-state index contributed by atoms with van der Waals surface area (Å²) in [4.78, 5) is 12.6. The van der Waals surface area contributed by atoms with Gasteiger partial charge in [0.2, 0.25) is 5.91 Å². The lowest BCUT2D eigenvalue weighted by atomic mass is 9.93. The maximum Gasteiger partial charge on any atom is 0.244 e. The van der Waals surface area contributed by atoms with Gasteiger partial charge in [-0.1, -0.05) is 37.3 Å². The minimum absolute atomic E-state index is 0. The minimum Gasteiger partial charge on any atom is -0.379 e. The van der Waals surface area contributed by atoms with Gasteiger partial charge in [-0.15, -0.1) is 12.4 Å². The molecule has 4 nitrogen and oxygen atoms in total. The summed E-state index contributed by atoms with van der Waals surface area (Å²) in [6, 6.07) is 18.5. The number of halogens is 1. The van der Waals surface area contributed by atoms with Gasteiger partial charge >= 0.3 is 0 Å². The number of carbonyl (C=O) groups is 1. The van der Waals surface area contributed by atoms with Gasteiger partial charge in [-0.25, -0.2) is 0 Å². The van der Waals surface area contributed by atoms with Gasteiger partial charge < -0.3 is 16.0 Å². The van der Waals surface area contributed by atoms with Crippen molar-refractivity contribution in [3.05, 3.63) is 60.2 Å². The first kappa shape index (κ1) is 20.3. The number of benzene rings is 2. The van der Waals surface area contributed by atoms with E-state index in [9.17, 15) is 4.79 Å². The molecule has 0 bridgehead atoms. The monoisotopic (exact) mass is 373 g/mol. The lowest BCUT2D eigenvalue weighted by Crippen LogP contribution is -2.50. The van der Waals surface area contributed by atoms with Crippen molar-refractivity contribution in [2.75, 3.05) is 17.2 Å². The molecule has 140 valence electrons. The third-order valence-electron chi connectivity index (χ3n) is 5.11. The number of carbonyl (C=O) groups excluding carboxylic acids is 1. The average Bonchev–Trinajstić information content (AvgIpc) is 3.14. The summed E-state index contributed by atoms with van der Waals surface area (Å²) in [7, 11) is 0. The van der Waals surface area contributed by atoms with Crippen LogP contribution in [0.2, 0.25) is 0 Å². The second-order valence-electron chi connectivity index (χ2n) is 6.77. The van der Waals surface area contributed by atoms with Crippen LogP contribution in [0.3, 0.4) is 0 Å². The van der Waals surface area contributed by atoms with Crippen LogP contribution in [0.4, 0.5) is 11.4 Å². The van der Waals surface area contributed by atoms with Crippen molar-refractivity contribution < 1.29 is 4.79 Å². The molecule has 1 amide bonds. The number of rotatable bonds is 6. The lowest BCUT2D eigenvalue weighted by molar-refractivity contribution is -0.122. The van der Waals surface area contributed by atoms with Crippen LogP contribution in [0, 0.1) is 0 Å².